The first-order chi connectivity index (χ1) is 15.3. The second-order valence-electron chi connectivity index (χ2n) is 9.13. The Bertz CT molecular complexity index is 1170. The van der Waals surface area contributed by atoms with Gasteiger partial charge in [-0.15, -0.1) is 0 Å². The molecule has 1 aliphatic heterocycles. The second-order valence-corrected chi connectivity index (χ2v) is 9.57. The van der Waals surface area contributed by atoms with Crippen molar-refractivity contribution in [3.05, 3.63) is 58.8 Å². The molecule has 2 aromatic carbocycles. The summed E-state index contributed by atoms with van der Waals surface area (Å²) in [4.78, 5) is 15.0. The molecule has 1 amide bonds. The summed E-state index contributed by atoms with van der Waals surface area (Å²) < 4.78 is 11.7. The summed E-state index contributed by atoms with van der Waals surface area (Å²) >= 11 is 6.07. The number of benzene rings is 2. The van der Waals surface area contributed by atoms with Crippen LogP contribution < -0.4 is 4.74 Å². The topological polar surface area (TPSA) is 42.7 Å². The number of carbonyl (C=O) groups excluding carboxylic acids is 1. The standard InChI is InChI=1S/C27H30ClNO3/c1-16-10-17(2)14-29(13-16)25(30)11-18(3)22-12-23-24(20-6-8-21(28)9-7-20)15-32-27(23)19(4)26(22)31-5/h6-9,11-12,15-17H,10,13-14H2,1-5H3/b18-11+. The predicted octanol–water partition coefficient (Wildman–Crippen LogP) is 6.98. The van der Waals surface area contributed by atoms with E-state index in [9.17, 15) is 4.79 Å². The molecule has 1 aromatic heterocycles. The van der Waals surface area contributed by atoms with Crippen LogP contribution in [-0.4, -0.2) is 31.0 Å². The fourth-order valence-corrected chi connectivity index (χ4v) is 5.05. The molecule has 0 radical (unpaired) electrons. The lowest BCUT2D eigenvalue weighted by Crippen LogP contribution is -2.41. The molecule has 2 unspecified atom stereocenters. The fraction of sp³-hybridized carbons (Fsp3) is 0.370. The molecule has 0 aliphatic carbocycles. The maximum Gasteiger partial charge on any atom is 0.246 e. The molecule has 0 bridgehead atoms. The lowest BCUT2D eigenvalue weighted by molar-refractivity contribution is -0.128. The summed E-state index contributed by atoms with van der Waals surface area (Å²) in [5.41, 5.74) is 5.50. The Balaban J connectivity index is 1.77. The van der Waals surface area contributed by atoms with Gasteiger partial charge in [0.05, 0.1) is 13.4 Å². The summed E-state index contributed by atoms with van der Waals surface area (Å²) in [6.07, 6.45) is 4.69. The molecule has 168 valence electrons. The molecule has 0 N–H and O–H groups in total. The lowest BCUT2D eigenvalue weighted by atomic mass is 9.91. The molecule has 2 heterocycles. The number of allylic oxidation sites excluding steroid dienone is 1. The largest absolute Gasteiger partial charge is 0.496 e. The lowest BCUT2D eigenvalue weighted by Gasteiger charge is -2.34. The van der Waals surface area contributed by atoms with Gasteiger partial charge in [0.2, 0.25) is 5.91 Å². The molecule has 1 fully saturated rings. The van der Waals surface area contributed by atoms with Crippen molar-refractivity contribution in [1.29, 1.82) is 0 Å². The van der Waals surface area contributed by atoms with Crippen molar-refractivity contribution in [3.63, 3.8) is 0 Å². The molecule has 4 rings (SSSR count). The van der Waals surface area contributed by atoms with Gasteiger partial charge < -0.3 is 14.1 Å². The summed E-state index contributed by atoms with van der Waals surface area (Å²) in [6.45, 7) is 10.0. The highest BCUT2D eigenvalue weighted by Crippen LogP contribution is 2.40. The van der Waals surface area contributed by atoms with E-state index in [1.165, 1.54) is 6.42 Å². The van der Waals surface area contributed by atoms with Gasteiger partial charge in [-0.1, -0.05) is 37.6 Å². The van der Waals surface area contributed by atoms with Crippen LogP contribution in [-0.2, 0) is 4.79 Å². The third-order valence-corrected chi connectivity index (χ3v) is 6.60. The highest BCUT2D eigenvalue weighted by Gasteiger charge is 2.25. The third-order valence-electron chi connectivity index (χ3n) is 6.35. The number of nitrogens with zero attached hydrogens (tertiary/aromatic N) is 1. The number of aryl methyl sites for hydroxylation is 1. The number of amides is 1. The smallest absolute Gasteiger partial charge is 0.246 e. The fourth-order valence-electron chi connectivity index (χ4n) is 4.92. The number of hydrogen-bond acceptors (Lipinski definition) is 3. The van der Waals surface area contributed by atoms with E-state index in [4.69, 9.17) is 20.8 Å². The van der Waals surface area contributed by atoms with E-state index >= 15 is 0 Å². The van der Waals surface area contributed by atoms with Gasteiger partial charge in [-0.25, -0.2) is 0 Å². The normalized spacial score (nSPS) is 19.4. The van der Waals surface area contributed by atoms with Gasteiger partial charge in [0, 0.05) is 46.3 Å². The summed E-state index contributed by atoms with van der Waals surface area (Å²) in [5.74, 6) is 1.84. The summed E-state index contributed by atoms with van der Waals surface area (Å²) in [7, 11) is 1.66. The summed E-state index contributed by atoms with van der Waals surface area (Å²) in [6, 6.07) is 9.78. The molecule has 32 heavy (non-hydrogen) atoms. The second kappa shape index (κ2) is 9.03. The first-order valence-corrected chi connectivity index (χ1v) is 11.5. The number of fused-ring (bicyclic) bond motifs is 1. The monoisotopic (exact) mass is 451 g/mol. The number of rotatable bonds is 4. The average Bonchev–Trinajstić information content (AvgIpc) is 3.17. The molecule has 1 aliphatic rings. The molecule has 0 saturated carbocycles. The van der Waals surface area contributed by atoms with E-state index in [1.807, 2.05) is 43.0 Å². The molecule has 4 nitrogen and oxygen atoms in total. The quantitative estimate of drug-likeness (QED) is 0.402. The predicted molar refractivity (Wildman–Crippen MR) is 131 cm³/mol. The van der Waals surface area contributed by atoms with Gasteiger partial charge in [0.25, 0.3) is 0 Å². The number of carbonyl (C=O) groups is 1. The van der Waals surface area contributed by atoms with Crippen LogP contribution in [0.5, 0.6) is 5.75 Å². The van der Waals surface area contributed by atoms with Crippen LogP contribution in [0.4, 0.5) is 0 Å². The van der Waals surface area contributed by atoms with Crippen LogP contribution >= 0.6 is 11.6 Å². The first-order valence-electron chi connectivity index (χ1n) is 11.1. The molecule has 0 spiro atoms. The Kier molecular flexibility index (Phi) is 6.34. The Morgan fingerprint density at radius 3 is 2.47 bits per heavy atom. The summed E-state index contributed by atoms with van der Waals surface area (Å²) in [5, 5.41) is 1.68. The van der Waals surface area contributed by atoms with Crippen LogP contribution in [0.1, 0.15) is 38.3 Å². The zero-order valence-electron chi connectivity index (χ0n) is 19.4. The molecule has 3 aromatic rings. The zero-order valence-corrected chi connectivity index (χ0v) is 20.1. The van der Waals surface area contributed by atoms with E-state index in [1.54, 1.807) is 19.4 Å². The van der Waals surface area contributed by atoms with Crippen LogP contribution in [0.2, 0.25) is 5.02 Å². The van der Waals surface area contributed by atoms with Crippen molar-refractivity contribution in [2.45, 2.75) is 34.1 Å². The van der Waals surface area contributed by atoms with Gasteiger partial charge in [-0.3, -0.25) is 4.79 Å². The minimum Gasteiger partial charge on any atom is -0.496 e. The van der Waals surface area contributed by atoms with Gasteiger partial charge in [0.15, 0.2) is 0 Å². The van der Waals surface area contributed by atoms with E-state index in [-0.39, 0.29) is 5.91 Å². The SMILES string of the molecule is COc1c(/C(C)=C/C(=O)N2CC(C)CC(C)C2)cc2c(-c3ccc(Cl)cc3)coc2c1C. The minimum absolute atomic E-state index is 0.0609. The van der Waals surface area contributed by atoms with Crippen LogP contribution in [0.3, 0.4) is 0 Å². The molecule has 2 atom stereocenters. The Morgan fingerprint density at radius 1 is 1.19 bits per heavy atom. The van der Waals surface area contributed by atoms with Crippen molar-refractivity contribution in [2.24, 2.45) is 11.8 Å². The van der Waals surface area contributed by atoms with Crippen molar-refractivity contribution < 1.29 is 13.9 Å². The zero-order chi connectivity index (χ0) is 23.0. The number of halogens is 1. The maximum atomic E-state index is 13.1. The molecule has 1 saturated heterocycles. The average molecular weight is 452 g/mol. The highest BCUT2D eigenvalue weighted by molar-refractivity contribution is 6.30. The molecular weight excluding hydrogens is 422 g/mol. The van der Waals surface area contributed by atoms with Gasteiger partial charge in [0.1, 0.15) is 11.3 Å². The van der Waals surface area contributed by atoms with Crippen LogP contribution in [0.25, 0.3) is 27.7 Å². The van der Waals surface area contributed by atoms with Gasteiger partial charge in [-0.2, -0.15) is 0 Å². The number of likely N-dealkylation sites (tertiary alicyclic amines) is 1. The van der Waals surface area contributed by atoms with Crippen molar-refractivity contribution in [2.75, 3.05) is 20.2 Å². The number of ether oxygens (including phenoxy) is 1. The van der Waals surface area contributed by atoms with E-state index in [0.29, 0.717) is 16.9 Å². The van der Waals surface area contributed by atoms with E-state index < -0.39 is 0 Å². The minimum atomic E-state index is 0.0609. The maximum absolute atomic E-state index is 13.1. The Morgan fingerprint density at radius 2 is 1.84 bits per heavy atom. The molecular formula is C27H30ClNO3. The third kappa shape index (κ3) is 4.29. The Hall–Kier alpha value is -2.72. The number of furan rings is 1. The highest BCUT2D eigenvalue weighted by atomic mass is 35.5. The van der Waals surface area contributed by atoms with Gasteiger partial charge >= 0.3 is 0 Å². The number of methoxy groups -OCH3 is 1. The van der Waals surface area contributed by atoms with E-state index in [0.717, 1.165) is 57.6 Å². The van der Waals surface area contributed by atoms with Crippen molar-refractivity contribution in [3.8, 4) is 16.9 Å². The van der Waals surface area contributed by atoms with Gasteiger partial charge in [-0.05, 0) is 61.4 Å². The van der Waals surface area contributed by atoms with Crippen LogP contribution in [0.15, 0.2) is 47.1 Å². The Labute approximate surface area is 194 Å². The van der Waals surface area contributed by atoms with Crippen molar-refractivity contribution >= 4 is 34.1 Å². The first kappa shape index (κ1) is 22.5. The van der Waals surface area contributed by atoms with E-state index in [2.05, 4.69) is 19.9 Å². The molecule has 5 heteroatoms. The van der Waals surface area contributed by atoms with Crippen molar-refractivity contribution in [1.82, 2.24) is 4.90 Å². The number of hydrogen-bond donors (Lipinski definition) is 0. The number of piperidine rings is 1. The van der Waals surface area contributed by atoms with Crippen LogP contribution in [0, 0.1) is 18.8 Å².